The van der Waals surface area contributed by atoms with Crippen LogP contribution in [0, 0.1) is 0 Å². The minimum absolute atomic E-state index is 0.435. The molecule has 2 nitrogen and oxygen atoms in total. The van der Waals surface area contributed by atoms with Gasteiger partial charge in [0.15, 0.2) is 4.34 Å². The number of aromatic nitrogens is 1. The van der Waals surface area contributed by atoms with E-state index in [0.717, 1.165) is 19.3 Å². The Bertz CT molecular complexity index is 471. The molecule has 0 aliphatic carbocycles. The lowest BCUT2D eigenvalue weighted by Crippen LogP contribution is -1.90. The molecule has 2 aromatic rings. The Morgan fingerprint density at radius 3 is 2.88 bits per heavy atom. The van der Waals surface area contributed by atoms with Crippen LogP contribution < -0.4 is 0 Å². The third kappa shape index (κ3) is 2.85. The van der Waals surface area contributed by atoms with Gasteiger partial charge in [0.1, 0.15) is 0 Å². The van der Waals surface area contributed by atoms with Crippen LogP contribution in [-0.2, 0) is 0 Å². The van der Waals surface area contributed by atoms with Gasteiger partial charge in [0.2, 0.25) is 0 Å². The molecule has 0 saturated heterocycles. The summed E-state index contributed by atoms with van der Waals surface area (Å²) in [6, 6.07) is 5.88. The number of nitrogens with zero attached hydrogens (tertiary/aromatic N) is 1. The highest BCUT2D eigenvalue weighted by Crippen LogP contribution is 2.35. The Balaban J connectivity index is 2.23. The first-order valence-electron chi connectivity index (χ1n) is 4.71. The smallest absolute Gasteiger partial charge is 0.154 e. The van der Waals surface area contributed by atoms with E-state index in [9.17, 15) is 5.11 Å². The number of halogens is 1. The minimum atomic E-state index is -0.435. The summed E-state index contributed by atoms with van der Waals surface area (Å²) < 4.78 is 2.01. The molecular formula is C11H10BrNOS2. The molecule has 0 spiro atoms. The third-order valence-corrected chi connectivity index (χ3v) is 4.92. The van der Waals surface area contributed by atoms with E-state index < -0.39 is 6.10 Å². The van der Waals surface area contributed by atoms with Crippen molar-refractivity contribution >= 4 is 39.0 Å². The number of hydrogen-bond donors (Lipinski definition) is 1. The molecule has 1 atom stereocenters. The fourth-order valence-electron chi connectivity index (χ4n) is 1.21. The summed E-state index contributed by atoms with van der Waals surface area (Å²) in [7, 11) is 0. The lowest BCUT2D eigenvalue weighted by molar-refractivity contribution is 0.199. The summed E-state index contributed by atoms with van der Waals surface area (Å²) >= 11 is 6.74. The van der Waals surface area contributed by atoms with Crippen molar-refractivity contribution in [1.82, 2.24) is 4.98 Å². The third-order valence-electron chi connectivity index (χ3n) is 2.05. The van der Waals surface area contributed by atoms with Crippen LogP contribution in [0.5, 0.6) is 0 Å². The Hall–Kier alpha value is -0.360. The fraction of sp³-hybridized carbons (Fsp3) is 0.182. The first-order valence-corrected chi connectivity index (χ1v) is 7.20. The van der Waals surface area contributed by atoms with E-state index >= 15 is 0 Å². The lowest BCUT2D eigenvalue weighted by atomic mass is 10.1. The molecule has 1 heterocycles. The topological polar surface area (TPSA) is 33.1 Å². The first-order chi connectivity index (χ1) is 7.66. The van der Waals surface area contributed by atoms with E-state index in [1.54, 1.807) is 36.2 Å². The van der Waals surface area contributed by atoms with E-state index in [2.05, 4.69) is 20.9 Å². The first kappa shape index (κ1) is 12.1. The van der Waals surface area contributed by atoms with Gasteiger partial charge in [-0.15, -0.1) is 11.3 Å². The van der Waals surface area contributed by atoms with Crippen molar-refractivity contribution in [3.05, 3.63) is 39.8 Å². The zero-order valence-electron chi connectivity index (χ0n) is 8.55. The van der Waals surface area contributed by atoms with E-state index in [1.807, 2.05) is 23.6 Å². The maximum atomic E-state index is 9.46. The average molecular weight is 316 g/mol. The van der Waals surface area contributed by atoms with Crippen molar-refractivity contribution in [3.8, 4) is 0 Å². The number of aliphatic hydroxyl groups is 1. The average Bonchev–Trinajstić information content (AvgIpc) is 2.73. The molecule has 1 aromatic carbocycles. The van der Waals surface area contributed by atoms with Crippen molar-refractivity contribution in [3.63, 3.8) is 0 Å². The summed E-state index contributed by atoms with van der Waals surface area (Å²) in [5.74, 6) is 0. The normalized spacial score (nSPS) is 12.7. The van der Waals surface area contributed by atoms with E-state index in [4.69, 9.17) is 0 Å². The minimum Gasteiger partial charge on any atom is -0.389 e. The number of benzene rings is 1. The summed E-state index contributed by atoms with van der Waals surface area (Å²) in [4.78, 5) is 5.33. The molecule has 0 fully saturated rings. The van der Waals surface area contributed by atoms with Crippen LogP contribution in [0.25, 0.3) is 0 Å². The van der Waals surface area contributed by atoms with Gasteiger partial charge in [-0.3, -0.25) is 0 Å². The van der Waals surface area contributed by atoms with Gasteiger partial charge in [-0.2, -0.15) is 0 Å². The molecule has 1 N–H and O–H groups in total. The second-order valence-electron chi connectivity index (χ2n) is 3.27. The predicted molar refractivity (Wildman–Crippen MR) is 71.0 cm³/mol. The van der Waals surface area contributed by atoms with Crippen molar-refractivity contribution < 1.29 is 5.11 Å². The molecule has 0 unspecified atom stereocenters. The van der Waals surface area contributed by atoms with Crippen molar-refractivity contribution in [2.75, 3.05) is 0 Å². The second-order valence-corrected chi connectivity index (χ2v) is 6.30. The van der Waals surface area contributed by atoms with Crippen molar-refractivity contribution in [2.45, 2.75) is 22.3 Å². The maximum Gasteiger partial charge on any atom is 0.154 e. The standard InChI is InChI=1S/C11H10BrNOS2/c1-7(14)8-2-3-10(9(12)6-8)16-11-13-4-5-15-11/h2-7,14H,1H3/t7-/m0/s1. The lowest BCUT2D eigenvalue weighted by Gasteiger charge is -2.07. The Labute approximate surface area is 111 Å². The maximum absolute atomic E-state index is 9.46. The predicted octanol–water partition coefficient (Wildman–Crippen LogP) is 4.11. The van der Waals surface area contributed by atoms with Crippen LogP contribution in [0.3, 0.4) is 0 Å². The van der Waals surface area contributed by atoms with Gasteiger partial charge in [0.05, 0.1) is 6.10 Å². The van der Waals surface area contributed by atoms with Gasteiger partial charge in [0.25, 0.3) is 0 Å². The molecule has 2 rings (SSSR count). The van der Waals surface area contributed by atoms with Gasteiger partial charge in [0, 0.05) is 20.9 Å². The van der Waals surface area contributed by atoms with Gasteiger partial charge < -0.3 is 5.11 Å². The highest BCUT2D eigenvalue weighted by Gasteiger charge is 2.07. The second kappa shape index (κ2) is 5.31. The number of thiazole rings is 1. The Kier molecular flexibility index (Phi) is 4.02. The van der Waals surface area contributed by atoms with Gasteiger partial charge in [-0.05, 0) is 40.5 Å². The molecule has 0 saturated carbocycles. The van der Waals surface area contributed by atoms with Crippen LogP contribution in [-0.4, -0.2) is 10.1 Å². The van der Waals surface area contributed by atoms with Crippen LogP contribution in [0.15, 0.2) is 43.5 Å². The Morgan fingerprint density at radius 1 is 1.50 bits per heavy atom. The van der Waals surface area contributed by atoms with Crippen molar-refractivity contribution in [1.29, 1.82) is 0 Å². The van der Waals surface area contributed by atoms with Crippen LogP contribution in [0.2, 0.25) is 0 Å². The molecule has 16 heavy (non-hydrogen) atoms. The van der Waals surface area contributed by atoms with Gasteiger partial charge in [-0.1, -0.05) is 17.8 Å². The molecule has 84 valence electrons. The fourth-order valence-corrected chi connectivity index (χ4v) is 3.44. The van der Waals surface area contributed by atoms with Crippen LogP contribution in [0.4, 0.5) is 0 Å². The number of rotatable bonds is 3. The molecule has 0 amide bonds. The van der Waals surface area contributed by atoms with Gasteiger partial charge >= 0.3 is 0 Å². The quantitative estimate of drug-likeness (QED) is 0.925. The molecule has 5 heteroatoms. The SMILES string of the molecule is C[C@H](O)c1ccc(Sc2nccs2)c(Br)c1. The molecule has 0 aliphatic rings. The van der Waals surface area contributed by atoms with E-state index in [1.165, 1.54) is 0 Å². The molecule has 1 aromatic heterocycles. The van der Waals surface area contributed by atoms with Gasteiger partial charge in [-0.25, -0.2) is 4.98 Å². The molecule has 0 bridgehead atoms. The summed E-state index contributed by atoms with van der Waals surface area (Å²) in [6.07, 6.45) is 1.36. The van der Waals surface area contributed by atoms with E-state index in [0.29, 0.717) is 0 Å². The highest BCUT2D eigenvalue weighted by atomic mass is 79.9. The molecule has 0 radical (unpaired) electrons. The monoisotopic (exact) mass is 315 g/mol. The summed E-state index contributed by atoms with van der Waals surface area (Å²) in [5.41, 5.74) is 0.912. The van der Waals surface area contributed by atoms with E-state index in [-0.39, 0.29) is 0 Å². The van der Waals surface area contributed by atoms with Crippen LogP contribution >= 0.6 is 39.0 Å². The largest absolute Gasteiger partial charge is 0.389 e. The highest BCUT2D eigenvalue weighted by molar-refractivity contribution is 9.10. The number of aliphatic hydroxyl groups excluding tert-OH is 1. The molecular weight excluding hydrogens is 306 g/mol. The number of hydrogen-bond acceptors (Lipinski definition) is 4. The van der Waals surface area contributed by atoms with Crippen molar-refractivity contribution in [2.24, 2.45) is 0 Å². The molecule has 0 aliphatic heterocycles. The summed E-state index contributed by atoms with van der Waals surface area (Å²) in [5, 5.41) is 11.4. The zero-order chi connectivity index (χ0) is 11.5. The summed E-state index contributed by atoms with van der Waals surface area (Å²) in [6.45, 7) is 1.76. The van der Waals surface area contributed by atoms with Crippen LogP contribution in [0.1, 0.15) is 18.6 Å². The Morgan fingerprint density at radius 2 is 2.31 bits per heavy atom. The zero-order valence-corrected chi connectivity index (χ0v) is 11.8.